The minimum atomic E-state index is 0.525. The number of nitrogens with one attached hydrogen (secondary N) is 2. The zero-order chi connectivity index (χ0) is 22.5. The molecule has 5 aromatic heterocycles. The molecule has 0 unspecified atom stereocenters. The molecule has 0 saturated heterocycles. The van der Waals surface area contributed by atoms with Gasteiger partial charge in [-0.1, -0.05) is 6.07 Å². The Kier molecular flexibility index (Phi) is 4.22. The van der Waals surface area contributed by atoms with Crippen molar-refractivity contribution in [1.29, 1.82) is 0 Å². The zero-order valence-electron chi connectivity index (χ0n) is 18.4. The Morgan fingerprint density at radius 1 is 1.03 bits per heavy atom. The molecule has 2 N–H and O–H groups in total. The molecule has 6 aromatic rings. The Balaban J connectivity index is 1.55. The summed E-state index contributed by atoms with van der Waals surface area (Å²) < 4.78 is 3.67. The van der Waals surface area contributed by atoms with Crippen molar-refractivity contribution in [2.45, 2.75) is 13.8 Å². The minimum absolute atomic E-state index is 0.525. The SMILES string of the molecule is Cc1nccc(Nc2nc3c(-c4ccc5c(cnn5C)c4)c(-c4cn[nH]c4)ccn3n2)c1C. The van der Waals surface area contributed by atoms with Crippen LogP contribution >= 0.6 is 0 Å². The zero-order valence-corrected chi connectivity index (χ0v) is 18.4. The van der Waals surface area contributed by atoms with E-state index in [0.717, 1.165) is 55.7 Å². The number of aryl methyl sites for hydroxylation is 2. The minimum Gasteiger partial charge on any atom is -0.323 e. The van der Waals surface area contributed by atoms with Crippen LogP contribution in [0.3, 0.4) is 0 Å². The van der Waals surface area contributed by atoms with Crippen LogP contribution < -0.4 is 5.32 Å². The summed E-state index contributed by atoms with van der Waals surface area (Å²) in [6, 6.07) is 10.3. The molecule has 1 aromatic carbocycles. The first-order valence-corrected chi connectivity index (χ1v) is 10.6. The van der Waals surface area contributed by atoms with E-state index in [-0.39, 0.29) is 0 Å². The largest absolute Gasteiger partial charge is 0.323 e. The van der Waals surface area contributed by atoms with E-state index in [1.165, 1.54) is 0 Å². The highest BCUT2D eigenvalue weighted by Gasteiger charge is 2.18. The van der Waals surface area contributed by atoms with Crippen molar-refractivity contribution in [3.8, 4) is 22.3 Å². The van der Waals surface area contributed by atoms with Crippen molar-refractivity contribution in [3.63, 3.8) is 0 Å². The van der Waals surface area contributed by atoms with E-state index in [0.29, 0.717) is 5.95 Å². The molecule has 6 rings (SSSR count). The second kappa shape index (κ2) is 7.27. The molecule has 5 heterocycles. The standard InChI is InChI=1S/C24H21N9/c1-14-15(2)25-8-6-20(14)29-24-30-23-22(16-4-5-21-17(10-16)13-28-32(21)3)19(7-9-33(23)31-24)18-11-26-27-12-18/h4-13H,1-3H3,(H,26,27)(H,25,29,31). The maximum Gasteiger partial charge on any atom is 0.247 e. The number of aromatic amines is 1. The quantitative estimate of drug-likeness (QED) is 0.425. The summed E-state index contributed by atoms with van der Waals surface area (Å²) in [5.41, 5.74) is 8.82. The first-order chi connectivity index (χ1) is 16.1. The number of fused-ring (bicyclic) bond motifs is 2. The Labute approximate surface area is 189 Å². The topological polar surface area (TPSA) is 102 Å². The second-order valence-electron chi connectivity index (χ2n) is 8.03. The summed E-state index contributed by atoms with van der Waals surface area (Å²) in [7, 11) is 1.94. The Bertz CT molecular complexity index is 1620. The van der Waals surface area contributed by atoms with Gasteiger partial charge >= 0.3 is 0 Å². The molecule has 0 spiro atoms. The average Bonchev–Trinajstić information content (AvgIpc) is 3.56. The Morgan fingerprint density at radius 2 is 1.94 bits per heavy atom. The molecule has 0 radical (unpaired) electrons. The molecular weight excluding hydrogens is 414 g/mol. The number of H-pyrrole nitrogens is 1. The molecule has 33 heavy (non-hydrogen) atoms. The summed E-state index contributed by atoms with van der Waals surface area (Å²) in [6.07, 6.45) is 9.29. The van der Waals surface area contributed by atoms with Crippen molar-refractivity contribution < 1.29 is 0 Å². The third kappa shape index (κ3) is 3.13. The van der Waals surface area contributed by atoms with Gasteiger partial charge in [0.1, 0.15) is 0 Å². The van der Waals surface area contributed by atoms with Crippen LogP contribution in [-0.4, -0.2) is 39.6 Å². The van der Waals surface area contributed by atoms with Gasteiger partial charge in [0, 0.05) is 53.5 Å². The predicted octanol–water partition coefficient (Wildman–Crippen LogP) is 4.43. The highest BCUT2D eigenvalue weighted by molar-refractivity contribution is 5.95. The molecule has 0 amide bonds. The van der Waals surface area contributed by atoms with Gasteiger partial charge in [-0.25, -0.2) is 4.52 Å². The van der Waals surface area contributed by atoms with Crippen LogP contribution in [0.1, 0.15) is 11.3 Å². The number of aromatic nitrogens is 8. The lowest BCUT2D eigenvalue weighted by atomic mass is 9.97. The molecule has 9 nitrogen and oxygen atoms in total. The summed E-state index contributed by atoms with van der Waals surface area (Å²) >= 11 is 0. The van der Waals surface area contributed by atoms with E-state index in [1.54, 1.807) is 10.7 Å². The smallest absolute Gasteiger partial charge is 0.247 e. The fraction of sp³-hybridized carbons (Fsp3) is 0.125. The normalized spacial score (nSPS) is 11.5. The van der Waals surface area contributed by atoms with E-state index < -0.39 is 0 Å². The average molecular weight is 435 g/mol. The number of pyridine rings is 2. The number of hydrogen-bond acceptors (Lipinski definition) is 6. The van der Waals surface area contributed by atoms with Gasteiger partial charge in [0.25, 0.3) is 0 Å². The van der Waals surface area contributed by atoms with Gasteiger partial charge in [-0.3, -0.25) is 14.8 Å². The summed E-state index contributed by atoms with van der Waals surface area (Å²) in [4.78, 5) is 9.22. The van der Waals surface area contributed by atoms with Gasteiger partial charge in [-0.05, 0) is 54.8 Å². The highest BCUT2D eigenvalue weighted by atomic mass is 15.3. The molecule has 0 fully saturated rings. The van der Waals surface area contributed by atoms with Crippen LogP contribution in [0.5, 0.6) is 0 Å². The van der Waals surface area contributed by atoms with Crippen molar-refractivity contribution in [1.82, 2.24) is 39.6 Å². The van der Waals surface area contributed by atoms with E-state index in [4.69, 9.17) is 4.98 Å². The van der Waals surface area contributed by atoms with Gasteiger partial charge in [0.05, 0.1) is 17.9 Å². The summed E-state index contributed by atoms with van der Waals surface area (Å²) in [5, 5.41) is 20.6. The number of benzene rings is 1. The fourth-order valence-electron chi connectivity index (χ4n) is 4.14. The predicted molar refractivity (Wildman–Crippen MR) is 127 cm³/mol. The number of rotatable bonds is 4. The van der Waals surface area contributed by atoms with E-state index in [1.807, 2.05) is 62.5 Å². The van der Waals surface area contributed by atoms with Gasteiger partial charge in [-0.15, -0.1) is 5.10 Å². The molecule has 0 aliphatic heterocycles. The van der Waals surface area contributed by atoms with Crippen molar-refractivity contribution in [2.75, 3.05) is 5.32 Å². The molecular formula is C24H21N9. The second-order valence-corrected chi connectivity index (χ2v) is 8.03. The molecule has 0 bridgehead atoms. The molecule has 0 aliphatic rings. The van der Waals surface area contributed by atoms with Crippen LogP contribution in [0.15, 0.2) is 61.3 Å². The van der Waals surface area contributed by atoms with Gasteiger partial charge in [0.2, 0.25) is 5.95 Å². The first kappa shape index (κ1) is 19.2. The van der Waals surface area contributed by atoms with Crippen LogP contribution in [-0.2, 0) is 7.05 Å². The summed E-state index contributed by atoms with van der Waals surface area (Å²) in [6.45, 7) is 4.02. The Hall–Kier alpha value is -4.53. The fourth-order valence-corrected chi connectivity index (χ4v) is 4.14. The maximum atomic E-state index is 4.88. The van der Waals surface area contributed by atoms with Crippen LogP contribution in [0.2, 0.25) is 0 Å². The lowest BCUT2D eigenvalue weighted by molar-refractivity contribution is 0.797. The van der Waals surface area contributed by atoms with Gasteiger partial charge < -0.3 is 5.32 Å². The van der Waals surface area contributed by atoms with Crippen molar-refractivity contribution >= 4 is 28.2 Å². The Morgan fingerprint density at radius 3 is 2.79 bits per heavy atom. The lowest BCUT2D eigenvalue weighted by Crippen LogP contribution is -1.98. The van der Waals surface area contributed by atoms with Gasteiger partial charge in [0.15, 0.2) is 5.65 Å². The summed E-state index contributed by atoms with van der Waals surface area (Å²) in [5.74, 6) is 0.525. The lowest BCUT2D eigenvalue weighted by Gasteiger charge is -2.10. The van der Waals surface area contributed by atoms with Crippen LogP contribution in [0.25, 0.3) is 38.8 Å². The van der Waals surface area contributed by atoms with Crippen molar-refractivity contribution in [3.05, 3.63) is 72.6 Å². The maximum absolute atomic E-state index is 4.88. The molecule has 162 valence electrons. The molecule has 0 saturated carbocycles. The monoisotopic (exact) mass is 435 g/mol. The molecule has 9 heteroatoms. The van der Waals surface area contributed by atoms with E-state index in [9.17, 15) is 0 Å². The van der Waals surface area contributed by atoms with E-state index in [2.05, 4.69) is 48.9 Å². The molecule has 0 aliphatic carbocycles. The molecule has 0 atom stereocenters. The first-order valence-electron chi connectivity index (χ1n) is 10.6. The number of hydrogen-bond donors (Lipinski definition) is 2. The third-order valence-electron chi connectivity index (χ3n) is 6.05. The number of nitrogens with zero attached hydrogens (tertiary/aromatic N) is 7. The van der Waals surface area contributed by atoms with E-state index >= 15 is 0 Å². The highest BCUT2D eigenvalue weighted by Crippen LogP contribution is 2.36. The third-order valence-corrected chi connectivity index (χ3v) is 6.05. The van der Waals surface area contributed by atoms with Crippen LogP contribution in [0.4, 0.5) is 11.6 Å². The van der Waals surface area contributed by atoms with Crippen LogP contribution in [0, 0.1) is 13.8 Å². The number of anilines is 2. The van der Waals surface area contributed by atoms with Crippen molar-refractivity contribution in [2.24, 2.45) is 7.05 Å². The van der Waals surface area contributed by atoms with Gasteiger partial charge in [-0.2, -0.15) is 15.2 Å².